The van der Waals surface area contributed by atoms with Gasteiger partial charge in [-0.1, -0.05) is 12.1 Å². The lowest BCUT2D eigenvalue weighted by Crippen LogP contribution is -2.23. The van der Waals surface area contributed by atoms with Crippen molar-refractivity contribution in [1.29, 1.82) is 5.26 Å². The summed E-state index contributed by atoms with van der Waals surface area (Å²) in [5, 5.41) is 13.5. The maximum absolute atomic E-state index is 11.8. The number of hydrogen-bond donors (Lipinski definition) is 1. The second-order valence-electron chi connectivity index (χ2n) is 3.67. The van der Waals surface area contributed by atoms with Crippen molar-refractivity contribution in [2.45, 2.75) is 6.54 Å². The minimum absolute atomic E-state index is 0.262. The van der Waals surface area contributed by atoms with Crippen LogP contribution >= 0.6 is 11.3 Å². The molecule has 1 N–H and O–H groups in total. The van der Waals surface area contributed by atoms with Crippen LogP contribution in [-0.2, 0) is 6.54 Å². The molecule has 0 aliphatic heterocycles. The van der Waals surface area contributed by atoms with Crippen LogP contribution in [0.5, 0.6) is 0 Å². The Balaban J connectivity index is 1.96. The zero-order valence-corrected chi connectivity index (χ0v) is 10.7. The first-order chi connectivity index (χ1) is 9.22. The van der Waals surface area contributed by atoms with Crippen LogP contribution in [0, 0.1) is 23.7 Å². The molecule has 1 amide bonds. The number of nitriles is 1. The number of thiazole rings is 1. The molecule has 1 aromatic carbocycles. The maximum Gasteiger partial charge on any atom is 0.271 e. The first-order valence-electron chi connectivity index (χ1n) is 5.42. The number of nitrogens with one attached hydrogen (secondary N) is 1. The standard InChI is InChI=1S/C14H9N3OS/c1-2-13-17-12(9-19-13)14(18)16-8-11-5-3-10(7-15)4-6-11/h1,3-6,9H,8H2,(H,16,18). The van der Waals surface area contributed by atoms with Gasteiger partial charge < -0.3 is 5.32 Å². The first-order valence-corrected chi connectivity index (χ1v) is 6.30. The Morgan fingerprint density at radius 3 is 2.74 bits per heavy atom. The van der Waals surface area contributed by atoms with Gasteiger partial charge in [0.1, 0.15) is 5.69 Å². The molecule has 0 aliphatic rings. The minimum atomic E-state index is -0.262. The topological polar surface area (TPSA) is 65.8 Å². The molecule has 2 rings (SSSR count). The number of amides is 1. The molecule has 0 fully saturated rings. The van der Waals surface area contributed by atoms with Crippen LogP contribution in [0.25, 0.3) is 0 Å². The molecule has 4 nitrogen and oxygen atoms in total. The summed E-state index contributed by atoms with van der Waals surface area (Å²) in [6, 6.07) is 9.05. The van der Waals surface area contributed by atoms with Crippen LogP contribution in [0.15, 0.2) is 29.6 Å². The summed E-state index contributed by atoms with van der Waals surface area (Å²) in [5.74, 6) is 2.12. The molecule has 0 radical (unpaired) electrons. The van der Waals surface area contributed by atoms with Crippen molar-refractivity contribution in [2.75, 3.05) is 0 Å². The monoisotopic (exact) mass is 267 g/mol. The van der Waals surface area contributed by atoms with Gasteiger partial charge in [-0.25, -0.2) is 4.98 Å². The lowest BCUT2D eigenvalue weighted by molar-refractivity contribution is 0.0946. The highest BCUT2D eigenvalue weighted by Gasteiger charge is 2.09. The van der Waals surface area contributed by atoms with E-state index in [1.807, 2.05) is 6.07 Å². The molecule has 0 saturated heterocycles. The smallest absolute Gasteiger partial charge is 0.271 e. The Morgan fingerprint density at radius 2 is 2.16 bits per heavy atom. The summed E-state index contributed by atoms with van der Waals surface area (Å²) in [4.78, 5) is 15.8. The molecule has 5 heteroatoms. The summed E-state index contributed by atoms with van der Waals surface area (Å²) in [6.45, 7) is 0.382. The van der Waals surface area contributed by atoms with E-state index >= 15 is 0 Å². The van der Waals surface area contributed by atoms with Crippen molar-refractivity contribution in [3.63, 3.8) is 0 Å². The van der Waals surface area contributed by atoms with E-state index in [0.717, 1.165) is 5.56 Å². The average Bonchev–Trinajstić information content (AvgIpc) is 2.94. The number of hydrogen-bond acceptors (Lipinski definition) is 4. The van der Waals surface area contributed by atoms with E-state index < -0.39 is 0 Å². The largest absolute Gasteiger partial charge is 0.347 e. The third kappa shape index (κ3) is 3.19. The fraction of sp³-hybridized carbons (Fsp3) is 0.0714. The van der Waals surface area contributed by atoms with Crippen molar-refractivity contribution in [3.05, 3.63) is 51.5 Å². The van der Waals surface area contributed by atoms with Gasteiger partial charge in [-0.3, -0.25) is 4.79 Å². The fourth-order valence-corrected chi connectivity index (χ4v) is 2.02. The lowest BCUT2D eigenvalue weighted by Gasteiger charge is -2.03. The molecular weight excluding hydrogens is 258 g/mol. The Bertz CT molecular complexity index is 674. The highest BCUT2D eigenvalue weighted by atomic mass is 32.1. The Labute approximate surface area is 114 Å². The van der Waals surface area contributed by atoms with Crippen LogP contribution < -0.4 is 5.32 Å². The van der Waals surface area contributed by atoms with E-state index in [1.54, 1.807) is 29.6 Å². The van der Waals surface area contributed by atoms with Crippen LogP contribution in [0.2, 0.25) is 0 Å². The highest BCUT2D eigenvalue weighted by Crippen LogP contribution is 2.08. The van der Waals surface area contributed by atoms with E-state index in [9.17, 15) is 4.79 Å². The van der Waals surface area contributed by atoms with Crippen molar-refractivity contribution in [3.8, 4) is 18.4 Å². The van der Waals surface area contributed by atoms with E-state index in [2.05, 4.69) is 16.2 Å². The van der Waals surface area contributed by atoms with E-state index in [1.165, 1.54) is 11.3 Å². The van der Waals surface area contributed by atoms with Crippen molar-refractivity contribution < 1.29 is 4.79 Å². The van der Waals surface area contributed by atoms with Crippen molar-refractivity contribution in [2.24, 2.45) is 0 Å². The molecule has 1 heterocycles. The van der Waals surface area contributed by atoms with E-state index in [0.29, 0.717) is 22.8 Å². The maximum atomic E-state index is 11.8. The van der Waals surface area contributed by atoms with Gasteiger partial charge in [-0.15, -0.1) is 17.8 Å². The van der Waals surface area contributed by atoms with Gasteiger partial charge in [0.05, 0.1) is 11.6 Å². The number of carbonyl (C=O) groups is 1. The molecule has 0 aliphatic carbocycles. The van der Waals surface area contributed by atoms with Gasteiger partial charge in [0.15, 0.2) is 5.01 Å². The van der Waals surface area contributed by atoms with Crippen LogP contribution in [-0.4, -0.2) is 10.9 Å². The lowest BCUT2D eigenvalue weighted by atomic mass is 10.1. The minimum Gasteiger partial charge on any atom is -0.347 e. The summed E-state index contributed by atoms with van der Waals surface area (Å²) >= 11 is 1.26. The van der Waals surface area contributed by atoms with Gasteiger partial charge >= 0.3 is 0 Å². The molecule has 92 valence electrons. The number of terminal acetylenes is 1. The van der Waals surface area contributed by atoms with Gasteiger partial charge in [-0.05, 0) is 23.6 Å². The van der Waals surface area contributed by atoms with E-state index in [4.69, 9.17) is 11.7 Å². The summed E-state index contributed by atoms with van der Waals surface area (Å²) in [7, 11) is 0. The first kappa shape index (κ1) is 12.8. The van der Waals surface area contributed by atoms with Crippen molar-refractivity contribution in [1.82, 2.24) is 10.3 Å². The molecule has 0 spiro atoms. The third-order valence-corrected chi connectivity index (χ3v) is 3.17. The Hall–Kier alpha value is -2.63. The molecule has 0 unspecified atom stereocenters. The molecule has 19 heavy (non-hydrogen) atoms. The average molecular weight is 267 g/mol. The van der Waals surface area contributed by atoms with Gasteiger partial charge in [0.2, 0.25) is 0 Å². The quantitative estimate of drug-likeness (QED) is 0.864. The van der Waals surface area contributed by atoms with E-state index in [-0.39, 0.29) is 5.91 Å². The number of benzene rings is 1. The van der Waals surface area contributed by atoms with Crippen LogP contribution in [0.3, 0.4) is 0 Å². The number of aromatic nitrogens is 1. The molecule has 0 bridgehead atoms. The van der Waals surface area contributed by atoms with Gasteiger partial charge in [0.25, 0.3) is 5.91 Å². The summed E-state index contributed by atoms with van der Waals surface area (Å²) in [6.07, 6.45) is 5.20. The highest BCUT2D eigenvalue weighted by molar-refractivity contribution is 7.10. The third-order valence-electron chi connectivity index (χ3n) is 2.40. The summed E-state index contributed by atoms with van der Waals surface area (Å²) in [5.41, 5.74) is 1.83. The second-order valence-corrected chi connectivity index (χ2v) is 4.53. The molecule has 0 atom stereocenters. The normalized spacial score (nSPS) is 9.37. The zero-order chi connectivity index (χ0) is 13.7. The second kappa shape index (κ2) is 5.81. The van der Waals surface area contributed by atoms with Crippen LogP contribution in [0.4, 0.5) is 0 Å². The predicted molar refractivity (Wildman–Crippen MR) is 72.4 cm³/mol. The molecule has 1 aromatic heterocycles. The summed E-state index contributed by atoms with van der Waals surface area (Å²) < 4.78 is 0. The van der Waals surface area contributed by atoms with Gasteiger partial charge in [0, 0.05) is 11.9 Å². The number of rotatable bonds is 3. The molecule has 0 saturated carbocycles. The predicted octanol–water partition coefficient (Wildman–Crippen LogP) is 1.93. The number of nitrogens with zero attached hydrogens (tertiary/aromatic N) is 2. The van der Waals surface area contributed by atoms with Crippen LogP contribution in [0.1, 0.15) is 26.6 Å². The molecular formula is C14H9N3OS. The van der Waals surface area contributed by atoms with Gasteiger partial charge in [-0.2, -0.15) is 5.26 Å². The zero-order valence-electron chi connectivity index (χ0n) is 9.88. The fourth-order valence-electron chi connectivity index (χ4n) is 1.41. The molecule has 2 aromatic rings. The Morgan fingerprint density at radius 1 is 1.42 bits per heavy atom. The SMILES string of the molecule is C#Cc1nc(C(=O)NCc2ccc(C#N)cc2)cs1. The van der Waals surface area contributed by atoms with Crippen molar-refractivity contribution >= 4 is 17.2 Å². The Kier molecular flexibility index (Phi) is 3.92. The number of carbonyl (C=O) groups excluding carboxylic acids is 1.